The monoisotopic (exact) mass is 369 g/mol. The van der Waals surface area contributed by atoms with Crippen LogP contribution in [0.3, 0.4) is 0 Å². The molecule has 146 valence electrons. The molecule has 0 radical (unpaired) electrons. The topological polar surface area (TPSA) is 58.9 Å². The molecule has 0 amide bonds. The van der Waals surface area contributed by atoms with E-state index in [-0.39, 0.29) is 11.3 Å². The van der Waals surface area contributed by atoms with Crippen LogP contribution < -0.4 is 0 Å². The van der Waals surface area contributed by atoms with Crippen molar-refractivity contribution in [3.63, 3.8) is 0 Å². The molecule has 3 atom stereocenters. The van der Waals surface area contributed by atoms with E-state index in [1.807, 2.05) is 6.92 Å². The van der Waals surface area contributed by atoms with Gasteiger partial charge in [0.05, 0.1) is 11.1 Å². The number of nitrogens with zero attached hydrogens (tertiary/aromatic N) is 1. The Balaban J connectivity index is 2.17. The van der Waals surface area contributed by atoms with Crippen molar-refractivity contribution in [2.24, 2.45) is 16.5 Å². The second-order valence-electron chi connectivity index (χ2n) is 8.83. The Hall–Kier alpha value is -2.10. The Kier molecular flexibility index (Phi) is 5.20. The van der Waals surface area contributed by atoms with Gasteiger partial charge < -0.3 is 9.94 Å². The van der Waals surface area contributed by atoms with Crippen LogP contribution in [-0.4, -0.2) is 23.4 Å². The van der Waals surface area contributed by atoms with E-state index in [2.05, 4.69) is 50.7 Å². The van der Waals surface area contributed by atoms with E-state index in [9.17, 15) is 9.90 Å². The fourth-order valence-corrected chi connectivity index (χ4v) is 5.12. The van der Waals surface area contributed by atoms with E-state index in [4.69, 9.17) is 4.84 Å². The van der Waals surface area contributed by atoms with E-state index in [0.29, 0.717) is 25.4 Å². The molecule has 3 rings (SSSR count). The number of fused-ring (bicyclic) bond motifs is 3. The van der Waals surface area contributed by atoms with Crippen LogP contribution in [0.2, 0.25) is 0 Å². The number of carbonyl (C=O) groups is 1. The highest BCUT2D eigenvalue weighted by Gasteiger charge is 2.56. The molecule has 0 spiro atoms. The van der Waals surface area contributed by atoms with E-state index in [1.165, 1.54) is 11.1 Å². The van der Waals surface area contributed by atoms with Gasteiger partial charge in [-0.25, -0.2) is 0 Å². The second-order valence-corrected chi connectivity index (χ2v) is 8.83. The molecule has 1 fully saturated rings. The summed E-state index contributed by atoms with van der Waals surface area (Å²) in [6, 6.07) is 6.61. The molecule has 1 N–H and O–H groups in total. The first-order valence-electron chi connectivity index (χ1n) is 9.92. The van der Waals surface area contributed by atoms with Gasteiger partial charge in [-0.2, -0.15) is 0 Å². The van der Waals surface area contributed by atoms with Gasteiger partial charge in [0.1, 0.15) is 6.61 Å². The van der Waals surface area contributed by atoms with E-state index < -0.39 is 11.4 Å². The molecule has 2 aliphatic carbocycles. The van der Waals surface area contributed by atoms with Crippen molar-refractivity contribution < 1.29 is 14.7 Å². The highest BCUT2D eigenvalue weighted by Crippen LogP contribution is 2.57. The Morgan fingerprint density at radius 3 is 2.78 bits per heavy atom. The van der Waals surface area contributed by atoms with Crippen LogP contribution in [0.25, 0.3) is 0 Å². The number of rotatable bonds is 5. The number of carboxylic acids is 1. The van der Waals surface area contributed by atoms with Crippen LogP contribution in [0.1, 0.15) is 76.0 Å². The molecule has 1 aromatic rings. The van der Waals surface area contributed by atoms with Crippen LogP contribution in [-0.2, 0) is 15.0 Å². The summed E-state index contributed by atoms with van der Waals surface area (Å²) in [4.78, 5) is 17.7. The summed E-state index contributed by atoms with van der Waals surface area (Å²) in [5.74, 6) is -0.279. The van der Waals surface area contributed by atoms with Gasteiger partial charge in [-0.15, -0.1) is 0 Å². The highest BCUT2D eigenvalue weighted by atomic mass is 16.6. The maximum Gasteiger partial charge on any atom is 0.309 e. The Bertz CT molecular complexity index is 782. The number of benzene rings is 1. The lowest BCUT2D eigenvalue weighted by Crippen LogP contribution is -2.53. The van der Waals surface area contributed by atoms with Gasteiger partial charge >= 0.3 is 5.97 Å². The SMILES string of the molecule is C=CCO/N=C1\C[C@H]2[C@](C)(C(=O)O)CCC[C@]2(C)c2ccc(C(C)C)cc21. The van der Waals surface area contributed by atoms with Crippen molar-refractivity contribution in [3.05, 3.63) is 47.5 Å². The first-order chi connectivity index (χ1) is 12.7. The lowest BCUT2D eigenvalue weighted by molar-refractivity contribution is -0.156. The minimum Gasteiger partial charge on any atom is -0.481 e. The van der Waals surface area contributed by atoms with Crippen LogP contribution in [0.5, 0.6) is 0 Å². The predicted molar refractivity (Wildman–Crippen MR) is 108 cm³/mol. The zero-order valence-electron chi connectivity index (χ0n) is 16.9. The van der Waals surface area contributed by atoms with Gasteiger partial charge in [0.15, 0.2) is 0 Å². The van der Waals surface area contributed by atoms with E-state index in [1.54, 1.807) is 6.08 Å². The summed E-state index contributed by atoms with van der Waals surface area (Å²) >= 11 is 0. The number of hydrogen-bond donors (Lipinski definition) is 1. The summed E-state index contributed by atoms with van der Waals surface area (Å²) in [5, 5.41) is 14.4. The summed E-state index contributed by atoms with van der Waals surface area (Å²) in [6.45, 7) is 12.5. The minimum absolute atomic E-state index is 0.000249. The molecular formula is C23H31NO3. The molecule has 0 aliphatic heterocycles. The van der Waals surface area contributed by atoms with Gasteiger partial charge in [-0.05, 0) is 60.6 Å². The highest BCUT2D eigenvalue weighted by molar-refractivity contribution is 6.04. The van der Waals surface area contributed by atoms with Crippen LogP contribution in [0.4, 0.5) is 0 Å². The third-order valence-electron chi connectivity index (χ3n) is 6.82. The Morgan fingerprint density at radius 1 is 1.41 bits per heavy atom. The molecule has 1 saturated carbocycles. The zero-order valence-corrected chi connectivity index (χ0v) is 16.9. The normalized spacial score (nSPS) is 31.3. The number of carboxylic acid groups (broad SMARTS) is 1. The first-order valence-corrected chi connectivity index (χ1v) is 9.92. The average molecular weight is 370 g/mol. The van der Waals surface area contributed by atoms with Crippen molar-refractivity contribution in [2.75, 3.05) is 6.61 Å². The molecule has 4 heteroatoms. The fourth-order valence-electron chi connectivity index (χ4n) is 5.12. The van der Waals surface area contributed by atoms with Gasteiger partial charge in [-0.3, -0.25) is 4.79 Å². The molecule has 0 bridgehead atoms. The molecule has 27 heavy (non-hydrogen) atoms. The van der Waals surface area contributed by atoms with Crippen molar-refractivity contribution in [1.82, 2.24) is 0 Å². The number of hydrogen-bond acceptors (Lipinski definition) is 3. The van der Waals surface area contributed by atoms with Crippen LogP contribution >= 0.6 is 0 Å². The summed E-state index contributed by atoms with van der Waals surface area (Å²) in [7, 11) is 0. The molecule has 0 aromatic heterocycles. The summed E-state index contributed by atoms with van der Waals surface area (Å²) < 4.78 is 0. The van der Waals surface area contributed by atoms with Crippen molar-refractivity contribution in [1.29, 1.82) is 0 Å². The minimum atomic E-state index is -0.749. The smallest absolute Gasteiger partial charge is 0.309 e. The molecule has 0 saturated heterocycles. The molecule has 2 aliphatic rings. The van der Waals surface area contributed by atoms with Gasteiger partial charge in [-0.1, -0.05) is 57.1 Å². The van der Waals surface area contributed by atoms with Gasteiger partial charge in [0.2, 0.25) is 0 Å². The largest absolute Gasteiger partial charge is 0.481 e. The van der Waals surface area contributed by atoms with E-state index >= 15 is 0 Å². The van der Waals surface area contributed by atoms with Crippen LogP contribution in [0, 0.1) is 11.3 Å². The van der Waals surface area contributed by atoms with Crippen molar-refractivity contribution in [3.8, 4) is 0 Å². The van der Waals surface area contributed by atoms with Crippen LogP contribution in [0.15, 0.2) is 36.0 Å². The lowest BCUT2D eigenvalue weighted by Gasteiger charge is -2.53. The lowest BCUT2D eigenvalue weighted by atomic mass is 9.49. The van der Waals surface area contributed by atoms with Gasteiger partial charge in [0.25, 0.3) is 0 Å². The second kappa shape index (κ2) is 7.14. The zero-order chi connectivity index (χ0) is 19.8. The molecular weight excluding hydrogens is 338 g/mol. The Labute approximate surface area is 162 Å². The van der Waals surface area contributed by atoms with Gasteiger partial charge in [0, 0.05) is 5.56 Å². The maximum absolute atomic E-state index is 12.2. The number of oxime groups is 1. The van der Waals surface area contributed by atoms with Crippen molar-refractivity contribution >= 4 is 11.7 Å². The third kappa shape index (κ3) is 3.19. The fraction of sp³-hybridized carbons (Fsp3) is 0.565. The van der Waals surface area contributed by atoms with E-state index in [0.717, 1.165) is 24.1 Å². The van der Waals surface area contributed by atoms with Crippen molar-refractivity contribution in [2.45, 2.75) is 64.7 Å². The standard InChI is InChI=1S/C23H31NO3/c1-6-12-27-24-19-14-20-22(4,10-7-11-23(20,5)21(25)26)18-9-8-16(15(2)3)13-17(18)19/h6,8-9,13,15,20H,1,7,10-12,14H2,2-5H3,(H,25,26)/b24-19+/t20-,22-,23-/m1/s1. The third-order valence-corrected chi connectivity index (χ3v) is 6.82. The molecule has 0 unspecified atom stereocenters. The average Bonchev–Trinajstić information content (AvgIpc) is 2.62. The predicted octanol–water partition coefficient (Wildman–Crippen LogP) is 5.27. The summed E-state index contributed by atoms with van der Waals surface area (Å²) in [6.07, 6.45) is 4.95. The molecule has 4 nitrogen and oxygen atoms in total. The molecule has 1 aromatic carbocycles. The number of aliphatic carboxylic acids is 1. The Morgan fingerprint density at radius 2 is 2.15 bits per heavy atom. The first kappa shape index (κ1) is 19.7. The quantitative estimate of drug-likeness (QED) is 0.437. The summed E-state index contributed by atoms with van der Waals surface area (Å²) in [5.41, 5.74) is 3.57. The maximum atomic E-state index is 12.2. The molecule has 0 heterocycles.